The third kappa shape index (κ3) is 2.94. The van der Waals surface area contributed by atoms with Gasteiger partial charge in [0.2, 0.25) is 0 Å². The predicted molar refractivity (Wildman–Crippen MR) is 91.9 cm³/mol. The summed E-state index contributed by atoms with van der Waals surface area (Å²) in [5.41, 5.74) is 19.6. The van der Waals surface area contributed by atoms with Crippen LogP contribution in [0.15, 0.2) is 34.9 Å². The van der Waals surface area contributed by atoms with Crippen LogP contribution in [-0.2, 0) is 6.54 Å². The van der Waals surface area contributed by atoms with Gasteiger partial charge in [-0.1, -0.05) is 24.3 Å². The Hall–Kier alpha value is -1.65. The Morgan fingerprint density at radius 1 is 1.18 bits per heavy atom. The van der Waals surface area contributed by atoms with Gasteiger partial charge < -0.3 is 11.5 Å². The number of nitrogens with two attached hydrogens (primary N) is 2. The van der Waals surface area contributed by atoms with E-state index in [-0.39, 0.29) is 0 Å². The highest BCUT2D eigenvalue weighted by atomic mass is 15.3. The smallest absolute Gasteiger partial charge is 0.0629 e. The second-order valence-corrected chi connectivity index (χ2v) is 6.55. The van der Waals surface area contributed by atoms with Gasteiger partial charge in [0, 0.05) is 18.7 Å². The maximum atomic E-state index is 5.84. The van der Waals surface area contributed by atoms with Crippen molar-refractivity contribution in [3.63, 3.8) is 0 Å². The van der Waals surface area contributed by atoms with Crippen molar-refractivity contribution < 1.29 is 0 Å². The van der Waals surface area contributed by atoms with Crippen LogP contribution in [0.4, 0.5) is 0 Å². The van der Waals surface area contributed by atoms with Crippen molar-refractivity contribution in [2.45, 2.75) is 32.7 Å². The molecule has 0 bridgehead atoms. The molecule has 2 aliphatic rings. The second kappa shape index (κ2) is 6.63. The van der Waals surface area contributed by atoms with Gasteiger partial charge in [0.05, 0.1) is 5.70 Å². The summed E-state index contributed by atoms with van der Waals surface area (Å²) in [5.74, 6) is 1.80. The number of nitrogens with zero attached hydrogens (tertiary/aromatic N) is 1. The van der Waals surface area contributed by atoms with Crippen molar-refractivity contribution in [1.29, 1.82) is 0 Å². The minimum Gasteiger partial charge on any atom is -0.330 e. The molecular formula is C18H26N4. The molecule has 22 heavy (non-hydrogen) atoms. The Morgan fingerprint density at radius 3 is 2.59 bits per heavy atom. The molecule has 1 heterocycles. The molecule has 0 radical (unpaired) electrons. The third-order valence-electron chi connectivity index (χ3n) is 5.21. The quantitative estimate of drug-likeness (QED) is 0.799. The molecule has 4 heteroatoms. The van der Waals surface area contributed by atoms with E-state index in [9.17, 15) is 0 Å². The van der Waals surface area contributed by atoms with E-state index < -0.39 is 0 Å². The number of benzene rings is 1. The predicted octanol–water partition coefficient (Wildman–Crippen LogP) is 2.46. The SMILES string of the molecule is CC1=C(c2ccc(CN)cc2)NN=CC1C1CCC(CN)C1. The van der Waals surface area contributed by atoms with Gasteiger partial charge in [0.15, 0.2) is 0 Å². The molecule has 3 unspecified atom stereocenters. The molecule has 0 amide bonds. The second-order valence-electron chi connectivity index (χ2n) is 6.55. The number of hydrazone groups is 1. The van der Waals surface area contributed by atoms with Crippen molar-refractivity contribution in [3.8, 4) is 0 Å². The van der Waals surface area contributed by atoms with E-state index in [2.05, 4.69) is 47.9 Å². The molecule has 0 spiro atoms. The van der Waals surface area contributed by atoms with E-state index in [4.69, 9.17) is 11.5 Å². The Bertz CT molecular complexity index is 573. The van der Waals surface area contributed by atoms with E-state index in [0.717, 1.165) is 17.8 Å². The average Bonchev–Trinajstić information content (AvgIpc) is 3.04. The third-order valence-corrected chi connectivity index (χ3v) is 5.21. The van der Waals surface area contributed by atoms with Crippen LogP contribution in [0.1, 0.15) is 37.3 Å². The first-order valence-corrected chi connectivity index (χ1v) is 8.22. The lowest BCUT2D eigenvalue weighted by molar-refractivity contribution is 0.446. The molecule has 1 aliphatic carbocycles. The fourth-order valence-electron chi connectivity index (χ4n) is 3.78. The molecule has 0 saturated heterocycles. The molecule has 3 atom stereocenters. The monoisotopic (exact) mass is 298 g/mol. The van der Waals surface area contributed by atoms with Crippen LogP contribution in [0.2, 0.25) is 0 Å². The van der Waals surface area contributed by atoms with Crippen molar-refractivity contribution in [2.24, 2.45) is 34.3 Å². The lowest BCUT2D eigenvalue weighted by atomic mass is 9.83. The maximum absolute atomic E-state index is 5.84. The number of allylic oxidation sites excluding steroid dienone is 1. The maximum Gasteiger partial charge on any atom is 0.0629 e. The van der Waals surface area contributed by atoms with Crippen molar-refractivity contribution in [1.82, 2.24) is 5.43 Å². The summed E-state index contributed by atoms with van der Waals surface area (Å²) in [6, 6.07) is 8.43. The molecule has 5 N–H and O–H groups in total. The summed E-state index contributed by atoms with van der Waals surface area (Å²) in [7, 11) is 0. The van der Waals surface area contributed by atoms with E-state index >= 15 is 0 Å². The van der Waals surface area contributed by atoms with Gasteiger partial charge in [-0.25, -0.2) is 0 Å². The van der Waals surface area contributed by atoms with E-state index in [0.29, 0.717) is 24.3 Å². The Balaban J connectivity index is 1.82. The van der Waals surface area contributed by atoms with Crippen LogP contribution in [-0.4, -0.2) is 12.8 Å². The summed E-state index contributed by atoms with van der Waals surface area (Å²) in [5, 5.41) is 4.42. The van der Waals surface area contributed by atoms with E-state index in [1.54, 1.807) is 0 Å². The van der Waals surface area contributed by atoms with Crippen LogP contribution >= 0.6 is 0 Å². The first kappa shape index (κ1) is 15.3. The average molecular weight is 298 g/mol. The molecule has 0 aromatic heterocycles. The first-order chi connectivity index (χ1) is 10.7. The van der Waals surface area contributed by atoms with Crippen LogP contribution in [0.5, 0.6) is 0 Å². The molecule has 1 aromatic rings. The zero-order valence-corrected chi connectivity index (χ0v) is 13.3. The number of nitrogens with one attached hydrogen (secondary N) is 1. The lowest BCUT2D eigenvalue weighted by Crippen LogP contribution is -2.25. The topological polar surface area (TPSA) is 76.4 Å². The first-order valence-electron chi connectivity index (χ1n) is 8.22. The summed E-state index contributed by atoms with van der Waals surface area (Å²) < 4.78 is 0. The Kier molecular flexibility index (Phi) is 4.60. The highest BCUT2D eigenvalue weighted by molar-refractivity contribution is 5.78. The summed E-state index contributed by atoms with van der Waals surface area (Å²) in [4.78, 5) is 0. The van der Waals surface area contributed by atoms with Gasteiger partial charge in [0.1, 0.15) is 0 Å². The van der Waals surface area contributed by atoms with Crippen molar-refractivity contribution in [3.05, 3.63) is 41.0 Å². The Morgan fingerprint density at radius 2 is 1.95 bits per heavy atom. The number of hydrogen-bond donors (Lipinski definition) is 3. The molecule has 1 fully saturated rings. The number of hydrogen-bond acceptors (Lipinski definition) is 4. The minimum absolute atomic E-state index is 0.432. The highest BCUT2D eigenvalue weighted by Crippen LogP contribution is 2.39. The lowest BCUT2D eigenvalue weighted by Gasteiger charge is -2.27. The van der Waals surface area contributed by atoms with Crippen LogP contribution < -0.4 is 16.9 Å². The van der Waals surface area contributed by atoms with Gasteiger partial charge in [-0.3, -0.25) is 5.43 Å². The molecule has 1 aromatic carbocycles. The largest absolute Gasteiger partial charge is 0.330 e. The van der Waals surface area contributed by atoms with Gasteiger partial charge in [-0.2, -0.15) is 5.10 Å². The summed E-state index contributed by atoms with van der Waals surface area (Å²) in [6.45, 7) is 3.62. The molecule has 4 nitrogen and oxygen atoms in total. The molecule has 118 valence electrons. The molecular weight excluding hydrogens is 272 g/mol. The highest BCUT2D eigenvalue weighted by Gasteiger charge is 2.32. The van der Waals surface area contributed by atoms with Gasteiger partial charge in [0.25, 0.3) is 0 Å². The Labute approximate surface area is 132 Å². The van der Waals surface area contributed by atoms with E-state index in [1.165, 1.54) is 30.4 Å². The van der Waals surface area contributed by atoms with Crippen molar-refractivity contribution >= 4 is 11.9 Å². The number of rotatable bonds is 4. The molecule has 3 rings (SSSR count). The zero-order chi connectivity index (χ0) is 15.5. The normalized spacial score (nSPS) is 28.0. The summed E-state index contributed by atoms with van der Waals surface area (Å²) >= 11 is 0. The van der Waals surface area contributed by atoms with E-state index in [1.807, 2.05) is 0 Å². The van der Waals surface area contributed by atoms with Gasteiger partial charge in [-0.15, -0.1) is 0 Å². The zero-order valence-electron chi connectivity index (χ0n) is 13.3. The van der Waals surface area contributed by atoms with Gasteiger partial charge >= 0.3 is 0 Å². The molecule has 1 aliphatic heterocycles. The summed E-state index contributed by atoms with van der Waals surface area (Å²) in [6.07, 6.45) is 5.82. The van der Waals surface area contributed by atoms with Crippen LogP contribution in [0, 0.1) is 17.8 Å². The van der Waals surface area contributed by atoms with Crippen molar-refractivity contribution in [2.75, 3.05) is 6.54 Å². The minimum atomic E-state index is 0.432. The fraction of sp³-hybridized carbons (Fsp3) is 0.500. The fourth-order valence-corrected chi connectivity index (χ4v) is 3.78. The van der Waals surface area contributed by atoms with Gasteiger partial charge in [-0.05, 0) is 61.3 Å². The van der Waals surface area contributed by atoms with Crippen LogP contribution in [0.25, 0.3) is 5.70 Å². The molecule has 1 saturated carbocycles. The standard InChI is InChI=1S/C18H26N4/c1-12-17(16-7-4-14(8-16)10-20)11-21-22-18(12)15-5-2-13(9-19)3-6-15/h2-3,5-6,11,14,16-17,22H,4,7-10,19-20H2,1H3. The van der Waals surface area contributed by atoms with Crippen LogP contribution in [0.3, 0.4) is 0 Å².